The SMILES string of the molecule is COC(=O)CCC(=O)c1ccc(-c2ccc(-c3ccccc3)cc2)cc1. The third-order valence-corrected chi connectivity index (χ3v) is 4.32. The van der Waals surface area contributed by atoms with Crippen LogP contribution in [0.1, 0.15) is 23.2 Å². The van der Waals surface area contributed by atoms with E-state index in [-0.39, 0.29) is 24.6 Å². The Kier molecular flexibility index (Phi) is 5.59. The minimum absolute atomic E-state index is 0.0543. The van der Waals surface area contributed by atoms with E-state index in [1.807, 2.05) is 30.3 Å². The number of carbonyl (C=O) groups excluding carboxylic acids is 2. The molecule has 0 aromatic heterocycles. The van der Waals surface area contributed by atoms with Gasteiger partial charge in [0.05, 0.1) is 13.5 Å². The lowest BCUT2D eigenvalue weighted by atomic mass is 9.98. The summed E-state index contributed by atoms with van der Waals surface area (Å²) in [6.45, 7) is 0. The van der Waals surface area contributed by atoms with E-state index in [0.717, 1.165) is 11.1 Å². The molecule has 0 spiro atoms. The molecule has 3 nitrogen and oxygen atoms in total. The van der Waals surface area contributed by atoms with Crippen LogP contribution in [-0.2, 0) is 9.53 Å². The van der Waals surface area contributed by atoms with Crippen LogP contribution in [0, 0.1) is 0 Å². The second-order valence-electron chi connectivity index (χ2n) is 6.02. The topological polar surface area (TPSA) is 43.4 Å². The smallest absolute Gasteiger partial charge is 0.305 e. The molecule has 26 heavy (non-hydrogen) atoms. The summed E-state index contributed by atoms with van der Waals surface area (Å²) >= 11 is 0. The Labute approximate surface area is 153 Å². The second-order valence-corrected chi connectivity index (χ2v) is 6.02. The van der Waals surface area contributed by atoms with Gasteiger partial charge < -0.3 is 4.74 Å². The monoisotopic (exact) mass is 344 g/mol. The maximum Gasteiger partial charge on any atom is 0.305 e. The molecule has 0 aliphatic carbocycles. The van der Waals surface area contributed by atoms with Gasteiger partial charge in [-0.05, 0) is 22.3 Å². The fourth-order valence-electron chi connectivity index (χ4n) is 2.80. The molecule has 0 N–H and O–H groups in total. The Morgan fingerprint density at radius 3 is 1.62 bits per heavy atom. The van der Waals surface area contributed by atoms with Crippen LogP contribution >= 0.6 is 0 Å². The van der Waals surface area contributed by atoms with Crippen LogP contribution in [0.25, 0.3) is 22.3 Å². The van der Waals surface area contributed by atoms with Gasteiger partial charge in [-0.15, -0.1) is 0 Å². The van der Waals surface area contributed by atoms with Crippen LogP contribution in [0.15, 0.2) is 78.9 Å². The Morgan fingerprint density at radius 2 is 1.12 bits per heavy atom. The van der Waals surface area contributed by atoms with Gasteiger partial charge in [0, 0.05) is 12.0 Å². The molecule has 0 aliphatic rings. The summed E-state index contributed by atoms with van der Waals surface area (Å²) in [5.41, 5.74) is 5.11. The van der Waals surface area contributed by atoms with Crippen molar-refractivity contribution in [3.05, 3.63) is 84.4 Å². The van der Waals surface area contributed by atoms with Gasteiger partial charge >= 0.3 is 5.97 Å². The summed E-state index contributed by atoms with van der Waals surface area (Å²) in [6, 6.07) is 26.1. The van der Waals surface area contributed by atoms with Crippen LogP contribution in [0.2, 0.25) is 0 Å². The highest BCUT2D eigenvalue weighted by Crippen LogP contribution is 2.25. The van der Waals surface area contributed by atoms with Crippen molar-refractivity contribution in [3.63, 3.8) is 0 Å². The van der Waals surface area contributed by atoms with Gasteiger partial charge in [0.2, 0.25) is 0 Å². The van der Waals surface area contributed by atoms with E-state index in [9.17, 15) is 9.59 Å². The first-order valence-electron chi connectivity index (χ1n) is 8.53. The van der Waals surface area contributed by atoms with Crippen LogP contribution < -0.4 is 0 Å². The molecule has 0 fully saturated rings. The van der Waals surface area contributed by atoms with Crippen molar-refractivity contribution >= 4 is 11.8 Å². The first kappa shape index (κ1) is 17.6. The zero-order chi connectivity index (χ0) is 18.4. The number of rotatable bonds is 6. The molecule has 0 bridgehead atoms. The van der Waals surface area contributed by atoms with Gasteiger partial charge in [-0.1, -0.05) is 78.9 Å². The predicted octanol–water partition coefficient (Wildman–Crippen LogP) is 5.16. The summed E-state index contributed by atoms with van der Waals surface area (Å²) < 4.78 is 4.56. The largest absolute Gasteiger partial charge is 0.469 e. The summed E-state index contributed by atoms with van der Waals surface area (Å²) in [7, 11) is 1.32. The predicted molar refractivity (Wildman–Crippen MR) is 103 cm³/mol. The molecule has 0 unspecified atom stereocenters. The van der Waals surface area contributed by atoms with Crippen molar-refractivity contribution in [2.45, 2.75) is 12.8 Å². The molecule has 0 atom stereocenters. The van der Waals surface area contributed by atoms with E-state index >= 15 is 0 Å². The fourth-order valence-corrected chi connectivity index (χ4v) is 2.80. The van der Waals surface area contributed by atoms with Crippen LogP contribution in [-0.4, -0.2) is 18.9 Å². The van der Waals surface area contributed by atoms with Crippen LogP contribution in [0.3, 0.4) is 0 Å². The van der Waals surface area contributed by atoms with Crippen molar-refractivity contribution in [2.75, 3.05) is 7.11 Å². The van der Waals surface area contributed by atoms with E-state index in [4.69, 9.17) is 0 Å². The maximum atomic E-state index is 12.1. The second kappa shape index (κ2) is 8.26. The highest BCUT2D eigenvalue weighted by molar-refractivity contribution is 5.97. The van der Waals surface area contributed by atoms with Gasteiger partial charge in [-0.3, -0.25) is 9.59 Å². The third kappa shape index (κ3) is 4.25. The summed E-state index contributed by atoms with van der Waals surface area (Å²) in [5, 5.41) is 0. The Morgan fingerprint density at radius 1 is 0.654 bits per heavy atom. The summed E-state index contributed by atoms with van der Waals surface area (Å²) in [6.07, 6.45) is 0.274. The number of benzene rings is 3. The molecule has 0 saturated heterocycles. The molecule has 0 heterocycles. The first-order chi connectivity index (χ1) is 12.7. The molecule has 0 saturated carbocycles. The van der Waals surface area contributed by atoms with Gasteiger partial charge in [0.1, 0.15) is 0 Å². The minimum Gasteiger partial charge on any atom is -0.469 e. The average Bonchev–Trinajstić information content (AvgIpc) is 2.72. The number of esters is 1. The van der Waals surface area contributed by atoms with Crippen LogP contribution in [0.5, 0.6) is 0 Å². The van der Waals surface area contributed by atoms with Gasteiger partial charge in [0.15, 0.2) is 5.78 Å². The molecular formula is C23H20O3. The van der Waals surface area contributed by atoms with E-state index in [1.165, 1.54) is 18.2 Å². The average molecular weight is 344 g/mol. The van der Waals surface area contributed by atoms with Crippen molar-refractivity contribution in [2.24, 2.45) is 0 Å². The summed E-state index contributed by atoms with van der Waals surface area (Å²) in [5.74, 6) is -0.421. The third-order valence-electron chi connectivity index (χ3n) is 4.32. The van der Waals surface area contributed by atoms with Gasteiger partial charge in [-0.2, -0.15) is 0 Å². The molecule has 0 amide bonds. The van der Waals surface area contributed by atoms with E-state index < -0.39 is 0 Å². The fraction of sp³-hybridized carbons (Fsp3) is 0.130. The van der Waals surface area contributed by atoms with Gasteiger partial charge in [0.25, 0.3) is 0 Å². The minimum atomic E-state index is -0.367. The molecular weight excluding hydrogens is 324 g/mol. The maximum absolute atomic E-state index is 12.1. The van der Waals surface area contributed by atoms with Gasteiger partial charge in [-0.25, -0.2) is 0 Å². The van der Waals surface area contributed by atoms with E-state index in [1.54, 1.807) is 12.1 Å². The number of ketones is 1. The number of ether oxygens (including phenoxy) is 1. The van der Waals surface area contributed by atoms with Crippen molar-refractivity contribution in [1.82, 2.24) is 0 Å². The Hall–Kier alpha value is -3.20. The molecule has 0 radical (unpaired) electrons. The standard InChI is InChI=1S/C23H20O3/c1-26-23(25)16-15-22(24)21-13-11-20(12-14-21)19-9-7-18(8-10-19)17-5-3-2-4-6-17/h2-14H,15-16H2,1H3. The number of carbonyl (C=O) groups is 2. The number of Topliss-reactive ketones (excluding diaryl/α,β-unsaturated/α-hetero) is 1. The lowest BCUT2D eigenvalue weighted by Crippen LogP contribution is -2.05. The normalized spacial score (nSPS) is 10.3. The van der Waals surface area contributed by atoms with Crippen LogP contribution in [0.4, 0.5) is 0 Å². The first-order valence-corrected chi connectivity index (χ1v) is 8.53. The van der Waals surface area contributed by atoms with Crippen molar-refractivity contribution in [1.29, 1.82) is 0 Å². The lowest BCUT2D eigenvalue weighted by Gasteiger charge is -2.06. The zero-order valence-electron chi connectivity index (χ0n) is 14.6. The highest BCUT2D eigenvalue weighted by Gasteiger charge is 2.09. The Balaban J connectivity index is 1.70. The molecule has 3 aromatic carbocycles. The van der Waals surface area contributed by atoms with Crippen molar-refractivity contribution < 1.29 is 14.3 Å². The molecule has 0 aliphatic heterocycles. The van der Waals surface area contributed by atoms with E-state index in [0.29, 0.717) is 5.56 Å². The number of hydrogen-bond donors (Lipinski definition) is 0. The van der Waals surface area contributed by atoms with Crippen molar-refractivity contribution in [3.8, 4) is 22.3 Å². The Bertz CT molecular complexity index is 879. The molecule has 3 rings (SSSR count). The summed E-state index contributed by atoms with van der Waals surface area (Å²) in [4.78, 5) is 23.2. The zero-order valence-corrected chi connectivity index (χ0v) is 14.6. The molecule has 130 valence electrons. The molecule has 3 heteroatoms. The number of hydrogen-bond acceptors (Lipinski definition) is 3. The number of methoxy groups -OCH3 is 1. The quantitative estimate of drug-likeness (QED) is 0.458. The van der Waals surface area contributed by atoms with E-state index in [2.05, 4.69) is 41.1 Å². The molecule has 3 aromatic rings. The highest BCUT2D eigenvalue weighted by atomic mass is 16.5. The lowest BCUT2D eigenvalue weighted by molar-refractivity contribution is -0.140.